The lowest BCUT2D eigenvalue weighted by Crippen LogP contribution is -2.11. The summed E-state index contributed by atoms with van der Waals surface area (Å²) in [6, 6.07) is 44.1. The maximum atomic E-state index is 15.0. The molecule has 1 aromatic heterocycles. The molecule has 0 saturated carbocycles. The number of rotatable bonds is 8. The molecule has 0 aliphatic carbocycles. The number of alkyl halides is 12. The number of nitrogens with zero attached hydrogens (tertiary/aromatic N) is 1. The predicted octanol–water partition coefficient (Wildman–Crippen LogP) is 22.0. The van der Waals surface area contributed by atoms with Gasteiger partial charge < -0.3 is 4.57 Å². The van der Waals surface area contributed by atoms with Crippen LogP contribution in [0.2, 0.25) is 0 Å². The van der Waals surface area contributed by atoms with Crippen molar-refractivity contribution in [2.45, 2.75) is 52.4 Å². The van der Waals surface area contributed by atoms with Gasteiger partial charge in [-0.1, -0.05) is 71.8 Å². The first kappa shape index (κ1) is 55.9. The van der Waals surface area contributed by atoms with Crippen LogP contribution in [0.1, 0.15) is 44.5 Å². The van der Waals surface area contributed by atoms with Gasteiger partial charge in [-0.15, -0.1) is 0 Å². The van der Waals surface area contributed by atoms with Gasteiger partial charge in [0.2, 0.25) is 0 Å². The average molecular weight is 1140 g/mol. The van der Waals surface area contributed by atoms with Gasteiger partial charge in [-0.3, -0.25) is 0 Å². The normalized spacial score (nSPS) is 12.5. The number of fused-ring (bicyclic) bond motifs is 3. The predicted molar refractivity (Wildman–Crippen MR) is 298 cm³/mol. The Morgan fingerprint density at radius 2 is 0.578 bits per heavy atom. The fraction of sp³-hybridized carbons (Fsp3) is 0.118. The third-order valence-corrected chi connectivity index (χ3v) is 14.6. The van der Waals surface area contributed by atoms with Gasteiger partial charge in [-0.05, 0) is 232 Å². The van der Waals surface area contributed by atoms with Gasteiger partial charge in [0.1, 0.15) is 11.6 Å². The van der Waals surface area contributed by atoms with Crippen LogP contribution in [0, 0.1) is 39.3 Å². The average Bonchev–Trinajstić information content (AvgIpc) is 2.92. The first-order valence-corrected chi connectivity index (χ1v) is 25.7. The van der Waals surface area contributed by atoms with Crippen molar-refractivity contribution in [3.8, 4) is 83.6 Å². The molecule has 11 rings (SSSR count). The number of hydrogen-bond donors (Lipinski definition) is 0. The van der Waals surface area contributed by atoms with Crippen LogP contribution in [0.25, 0.3) is 105 Å². The molecule has 0 radical (unpaired) electrons. The summed E-state index contributed by atoms with van der Waals surface area (Å²) in [5.41, 5.74) is 2.74. The topological polar surface area (TPSA) is 4.93 Å². The van der Waals surface area contributed by atoms with Crippen molar-refractivity contribution in [1.29, 1.82) is 0 Å². The van der Waals surface area contributed by atoms with Crippen molar-refractivity contribution in [3.63, 3.8) is 0 Å². The van der Waals surface area contributed by atoms with E-state index < -0.39 is 64.2 Å². The molecule has 0 spiro atoms. The van der Waals surface area contributed by atoms with Crippen molar-refractivity contribution in [3.05, 3.63) is 244 Å². The minimum atomic E-state index is -5.23. The molecule has 83 heavy (non-hydrogen) atoms. The highest BCUT2D eigenvalue weighted by molar-refractivity contribution is 6.12. The monoisotopic (exact) mass is 1140 g/mol. The first-order chi connectivity index (χ1) is 39.0. The molecule has 0 aliphatic rings. The van der Waals surface area contributed by atoms with Crippen LogP contribution in [0.15, 0.2) is 188 Å². The van der Waals surface area contributed by atoms with Gasteiger partial charge in [-0.25, -0.2) is 8.78 Å². The molecule has 0 fully saturated rings. The quantitative estimate of drug-likeness (QED) is 0.134. The van der Waals surface area contributed by atoms with E-state index >= 15 is 0 Å². The summed E-state index contributed by atoms with van der Waals surface area (Å²) in [6.45, 7) is 6.85. The van der Waals surface area contributed by atoms with Crippen molar-refractivity contribution in [1.82, 2.24) is 4.57 Å². The van der Waals surface area contributed by atoms with Crippen molar-refractivity contribution in [2.24, 2.45) is 0 Å². The maximum absolute atomic E-state index is 15.0. The number of hydrogen-bond acceptors (Lipinski definition) is 0. The van der Waals surface area contributed by atoms with E-state index in [9.17, 15) is 61.5 Å². The fourth-order valence-electron chi connectivity index (χ4n) is 11.0. The fourth-order valence-corrected chi connectivity index (χ4v) is 11.0. The molecule has 0 N–H and O–H groups in total. The van der Waals surface area contributed by atoms with Crippen LogP contribution in [0.4, 0.5) is 61.5 Å². The van der Waals surface area contributed by atoms with Crippen LogP contribution in [0.5, 0.6) is 0 Å². The van der Waals surface area contributed by atoms with Crippen LogP contribution < -0.4 is 0 Å². The highest BCUT2D eigenvalue weighted by atomic mass is 19.4. The van der Waals surface area contributed by atoms with Gasteiger partial charge in [0.25, 0.3) is 0 Å². The van der Waals surface area contributed by atoms with Crippen LogP contribution >= 0.6 is 0 Å². The Bertz CT molecular complexity index is 4330. The van der Waals surface area contributed by atoms with E-state index in [-0.39, 0.29) is 39.4 Å². The molecule has 0 saturated heterocycles. The number of halogens is 14. The zero-order valence-corrected chi connectivity index (χ0v) is 44.1. The lowest BCUT2D eigenvalue weighted by atomic mass is 9.90. The number of benzene rings is 10. The Morgan fingerprint density at radius 3 is 0.964 bits per heavy atom. The third-order valence-electron chi connectivity index (χ3n) is 14.6. The Kier molecular flexibility index (Phi) is 13.8. The zero-order chi connectivity index (χ0) is 59.2. The van der Waals surface area contributed by atoms with Gasteiger partial charge in [0.05, 0.1) is 39.0 Å². The summed E-state index contributed by atoms with van der Waals surface area (Å²) in [6.07, 6.45) is -19.9. The number of aryl methyl sites for hydroxylation is 4. The summed E-state index contributed by atoms with van der Waals surface area (Å²) < 4.78 is 204. The smallest absolute Gasteiger partial charge is 0.309 e. The van der Waals surface area contributed by atoms with Crippen LogP contribution in [-0.4, -0.2) is 4.57 Å². The lowest BCUT2D eigenvalue weighted by molar-refractivity contribution is -0.143. The van der Waals surface area contributed by atoms with E-state index in [2.05, 4.69) is 0 Å². The number of aromatic nitrogens is 1. The molecule has 1 heterocycles. The standard InChI is InChI=1S/C68H43F14N/c1-36-13-37(2)15-42(14-36)47-20-45(21-48(24-47)43-16-38(3)18-53(26-43)65(71,72)73)40-9-11-63-60(32-40)61-33-41(10-12-64(61)83(63)62-8-6-5-7-59(62)52-30-57(69)35-58(70)31-52)46-22-49(44-17-39(4)19-54(27-44)66(74,75)76)25-50(23-46)51-28-55(67(77,78)79)34-56(29-51)68(80,81)82/h5-35H,1-4H3. The van der Waals surface area contributed by atoms with Gasteiger partial charge in [0, 0.05) is 22.4 Å². The summed E-state index contributed by atoms with van der Waals surface area (Å²) in [5, 5.41) is 1.05. The second-order valence-corrected chi connectivity index (χ2v) is 20.9. The summed E-state index contributed by atoms with van der Waals surface area (Å²) in [7, 11) is 0. The van der Waals surface area contributed by atoms with Gasteiger partial charge in [0.15, 0.2) is 0 Å². The van der Waals surface area contributed by atoms with E-state index in [1.165, 1.54) is 43.3 Å². The Balaban J connectivity index is 1.20. The second kappa shape index (κ2) is 20.5. The van der Waals surface area contributed by atoms with Crippen LogP contribution in [0.3, 0.4) is 0 Å². The molecule has 0 unspecified atom stereocenters. The summed E-state index contributed by atoms with van der Waals surface area (Å²) in [5.74, 6) is -1.67. The molecule has 0 atom stereocenters. The zero-order valence-electron chi connectivity index (χ0n) is 44.1. The van der Waals surface area contributed by atoms with Crippen molar-refractivity contribution >= 4 is 21.8 Å². The Hall–Kier alpha value is -8.98. The highest BCUT2D eigenvalue weighted by Gasteiger charge is 2.38. The molecule has 418 valence electrons. The number of para-hydroxylation sites is 1. The first-order valence-electron chi connectivity index (χ1n) is 25.7. The molecular weight excluding hydrogens is 1100 g/mol. The second-order valence-electron chi connectivity index (χ2n) is 20.9. The van der Waals surface area contributed by atoms with E-state index in [1.54, 1.807) is 61.5 Å². The van der Waals surface area contributed by atoms with Crippen LogP contribution in [-0.2, 0) is 24.7 Å². The van der Waals surface area contributed by atoms with Gasteiger partial charge in [-0.2, -0.15) is 52.7 Å². The Labute approximate surface area is 466 Å². The molecular formula is C68H43F14N. The van der Waals surface area contributed by atoms with E-state index in [1.807, 2.05) is 66.9 Å². The molecule has 1 nitrogen and oxygen atoms in total. The van der Waals surface area contributed by atoms with E-state index in [4.69, 9.17) is 0 Å². The SMILES string of the molecule is Cc1cc(C)cc(-c2cc(-c3cc(C)cc(C(F)(F)F)c3)cc(-c3ccc4c(c3)c3cc(-c5cc(-c6cc(C)cc(C(F)(F)F)c6)cc(-c6cc(C(F)(F)F)cc(C(F)(F)F)c6)c5)ccc3n4-c3ccccc3-c3cc(F)cc(F)c3)c2)c1. The molecule has 11 aromatic rings. The largest absolute Gasteiger partial charge is 0.416 e. The van der Waals surface area contributed by atoms with Gasteiger partial charge >= 0.3 is 24.7 Å². The van der Waals surface area contributed by atoms with E-state index in [0.29, 0.717) is 84.1 Å². The highest BCUT2D eigenvalue weighted by Crippen LogP contribution is 2.46. The maximum Gasteiger partial charge on any atom is 0.416 e. The Morgan fingerprint density at radius 1 is 0.265 bits per heavy atom. The minimum Gasteiger partial charge on any atom is -0.309 e. The lowest BCUT2D eigenvalue weighted by Gasteiger charge is -2.17. The molecule has 15 heteroatoms. The molecule has 0 amide bonds. The van der Waals surface area contributed by atoms with Crippen molar-refractivity contribution in [2.75, 3.05) is 0 Å². The molecule has 0 aliphatic heterocycles. The minimum absolute atomic E-state index is 0.0157. The summed E-state index contributed by atoms with van der Waals surface area (Å²) >= 11 is 0. The van der Waals surface area contributed by atoms with Crippen molar-refractivity contribution < 1.29 is 61.5 Å². The molecule has 0 bridgehead atoms. The summed E-state index contributed by atoms with van der Waals surface area (Å²) in [4.78, 5) is 0. The third kappa shape index (κ3) is 11.4. The molecule has 10 aromatic carbocycles. The van der Waals surface area contributed by atoms with E-state index in [0.717, 1.165) is 47.0 Å².